The van der Waals surface area contributed by atoms with Crippen LogP contribution in [0.5, 0.6) is 0 Å². The number of carbonyl (C=O) groups is 2. The molecule has 2 fully saturated rings. The maximum absolute atomic E-state index is 11.9. The van der Waals surface area contributed by atoms with Crippen LogP contribution in [0, 0.1) is 5.92 Å². The summed E-state index contributed by atoms with van der Waals surface area (Å²) in [5.74, 6) is -0.155. The van der Waals surface area contributed by atoms with E-state index in [2.05, 4.69) is 5.32 Å². The summed E-state index contributed by atoms with van der Waals surface area (Å²) in [5, 5.41) is 2.91. The number of ether oxygens (including phenoxy) is 1. The minimum absolute atomic E-state index is 0.0488. The van der Waals surface area contributed by atoms with E-state index in [0.717, 1.165) is 13.0 Å². The molecule has 2 heterocycles. The zero-order valence-corrected chi connectivity index (χ0v) is 10.7. The fourth-order valence-corrected chi connectivity index (χ4v) is 2.46. The van der Waals surface area contributed by atoms with Crippen LogP contribution in [0.3, 0.4) is 0 Å². The predicted octanol–water partition coefficient (Wildman–Crippen LogP) is -0.913. The zero-order chi connectivity index (χ0) is 13.1. The molecule has 2 rings (SSSR count). The molecule has 0 saturated carbocycles. The highest BCUT2D eigenvalue weighted by Crippen LogP contribution is 2.13. The molecular formula is C12H21N3O3. The molecule has 0 aliphatic carbocycles. The molecule has 6 heteroatoms. The molecule has 2 saturated heterocycles. The lowest BCUT2D eigenvalue weighted by atomic mass is 10.0. The number of nitrogens with zero attached hydrogens (tertiary/aromatic N) is 1. The second kappa shape index (κ2) is 5.67. The zero-order valence-electron chi connectivity index (χ0n) is 10.7. The van der Waals surface area contributed by atoms with E-state index in [0.29, 0.717) is 26.2 Å². The van der Waals surface area contributed by atoms with Crippen molar-refractivity contribution in [2.24, 2.45) is 11.7 Å². The van der Waals surface area contributed by atoms with Crippen LogP contribution >= 0.6 is 0 Å². The summed E-state index contributed by atoms with van der Waals surface area (Å²) in [4.78, 5) is 25.2. The van der Waals surface area contributed by atoms with E-state index < -0.39 is 0 Å². The Morgan fingerprint density at radius 1 is 1.61 bits per heavy atom. The highest BCUT2D eigenvalue weighted by atomic mass is 16.5. The molecule has 0 spiro atoms. The third kappa shape index (κ3) is 3.00. The van der Waals surface area contributed by atoms with Gasteiger partial charge in [0.05, 0.1) is 19.1 Å². The summed E-state index contributed by atoms with van der Waals surface area (Å²) >= 11 is 0. The number of carbonyl (C=O) groups excluding carboxylic acids is 2. The molecule has 3 atom stereocenters. The normalized spacial score (nSPS) is 29.7. The molecular weight excluding hydrogens is 234 g/mol. The van der Waals surface area contributed by atoms with E-state index in [4.69, 9.17) is 10.5 Å². The van der Waals surface area contributed by atoms with Crippen LogP contribution in [0.4, 0.5) is 0 Å². The molecule has 3 unspecified atom stereocenters. The molecule has 18 heavy (non-hydrogen) atoms. The van der Waals surface area contributed by atoms with Crippen LogP contribution in [0.25, 0.3) is 0 Å². The van der Waals surface area contributed by atoms with Crippen LogP contribution in [0.1, 0.15) is 19.8 Å². The topological polar surface area (TPSA) is 84.7 Å². The number of rotatable bonds is 4. The molecule has 0 bridgehead atoms. The van der Waals surface area contributed by atoms with Gasteiger partial charge in [0.25, 0.3) is 0 Å². The molecule has 2 aliphatic rings. The number of likely N-dealkylation sites (tertiary alicyclic amines) is 1. The summed E-state index contributed by atoms with van der Waals surface area (Å²) in [5.41, 5.74) is 5.79. The van der Waals surface area contributed by atoms with E-state index in [1.54, 1.807) is 4.90 Å². The lowest BCUT2D eigenvalue weighted by Crippen LogP contribution is -2.48. The second-order valence-electron chi connectivity index (χ2n) is 5.16. The SMILES string of the molecule is CC(CN1CCCC1=O)NC(=O)C1COCC1N. The number of amides is 2. The van der Waals surface area contributed by atoms with Gasteiger partial charge < -0.3 is 20.7 Å². The molecule has 2 amide bonds. The quantitative estimate of drug-likeness (QED) is 0.681. The average molecular weight is 255 g/mol. The summed E-state index contributed by atoms with van der Waals surface area (Å²) in [6.07, 6.45) is 1.54. The van der Waals surface area contributed by atoms with Crippen molar-refractivity contribution in [1.29, 1.82) is 0 Å². The van der Waals surface area contributed by atoms with Gasteiger partial charge in [-0.05, 0) is 13.3 Å². The smallest absolute Gasteiger partial charge is 0.227 e. The molecule has 102 valence electrons. The first-order valence-corrected chi connectivity index (χ1v) is 6.49. The van der Waals surface area contributed by atoms with Gasteiger partial charge in [0, 0.05) is 31.6 Å². The van der Waals surface area contributed by atoms with Gasteiger partial charge in [-0.3, -0.25) is 9.59 Å². The van der Waals surface area contributed by atoms with Crippen molar-refractivity contribution in [1.82, 2.24) is 10.2 Å². The third-order valence-electron chi connectivity index (χ3n) is 3.52. The number of hydrogen-bond acceptors (Lipinski definition) is 4. The second-order valence-corrected chi connectivity index (χ2v) is 5.16. The van der Waals surface area contributed by atoms with E-state index in [-0.39, 0.29) is 29.8 Å². The molecule has 0 aromatic heterocycles. The fourth-order valence-electron chi connectivity index (χ4n) is 2.46. The summed E-state index contributed by atoms with van der Waals surface area (Å²) < 4.78 is 5.17. The Balaban J connectivity index is 1.78. The number of nitrogens with two attached hydrogens (primary N) is 1. The minimum Gasteiger partial charge on any atom is -0.379 e. The lowest BCUT2D eigenvalue weighted by molar-refractivity contribution is -0.130. The average Bonchev–Trinajstić information content (AvgIpc) is 2.88. The molecule has 0 aromatic rings. The van der Waals surface area contributed by atoms with Crippen molar-refractivity contribution in [3.8, 4) is 0 Å². The number of nitrogens with one attached hydrogen (secondary N) is 1. The van der Waals surface area contributed by atoms with Crippen molar-refractivity contribution in [2.75, 3.05) is 26.3 Å². The largest absolute Gasteiger partial charge is 0.379 e. The Bertz CT molecular complexity index is 335. The molecule has 0 radical (unpaired) electrons. The van der Waals surface area contributed by atoms with Crippen molar-refractivity contribution in [2.45, 2.75) is 31.8 Å². The van der Waals surface area contributed by atoms with Crippen LogP contribution in [0.2, 0.25) is 0 Å². The Kier molecular flexibility index (Phi) is 4.19. The first-order chi connectivity index (χ1) is 8.58. The van der Waals surface area contributed by atoms with Gasteiger partial charge in [0.2, 0.25) is 11.8 Å². The van der Waals surface area contributed by atoms with Gasteiger partial charge in [-0.1, -0.05) is 0 Å². The predicted molar refractivity (Wildman–Crippen MR) is 65.7 cm³/mol. The maximum atomic E-state index is 11.9. The van der Waals surface area contributed by atoms with Crippen molar-refractivity contribution in [3.63, 3.8) is 0 Å². The molecule has 6 nitrogen and oxygen atoms in total. The van der Waals surface area contributed by atoms with Gasteiger partial charge in [0.15, 0.2) is 0 Å². The van der Waals surface area contributed by atoms with E-state index in [9.17, 15) is 9.59 Å². The maximum Gasteiger partial charge on any atom is 0.227 e. The van der Waals surface area contributed by atoms with Gasteiger partial charge in [-0.2, -0.15) is 0 Å². The van der Waals surface area contributed by atoms with Crippen molar-refractivity contribution < 1.29 is 14.3 Å². The Morgan fingerprint density at radius 3 is 2.94 bits per heavy atom. The standard InChI is InChI=1S/C12H21N3O3/c1-8(5-15-4-2-3-11(15)16)14-12(17)9-6-18-7-10(9)13/h8-10H,2-7,13H2,1H3,(H,14,17). The van der Waals surface area contributed by atoms with Crippen molar-refractivity contribution in [3.05, 3.63) is 0 Å². The first kappa shape index (κ1) is 13.3. The third-order valence-corrected chi connectivity index (χ3v) is 3.52. The van der Waals surface area contributed by atoms with Crippen molar-refractivity contribution >= 4 is 11.8 Å². The van der Waals surface area contributed by atoms with Gasteiger partial charge in [-0.15, -0.1) is 0 Å². The van der Waals surface area contributed by atoms with Crippen LogP contribution in [0.15, 0.2) is 0 Å². The Morgan fingerprint density at radius 2 is 2.39 bits per heavy atom. The highest BCUT2D eigenvalue weighted by Gasteiger charge is 2.32. The number of hydrogen-bond donors (Lipinski definition) is 2. The van der Waals surface area contributed by atoms with Crippen LogP contribution in [-0.2, 0) is 14.3 Å². The Labute approximate surface area is 107 Å². The molecule has 0 aromatic carbocycles. The van der Waals surface area contributed by atoms with Crippen LogP contribution in [-0.4, -0.2) is 55.1 Å². The van der Waals surface area contributed by atoms with E-state index in [1.165, 1.54) is 0 Å². The van der Waals surface area contributed by atoms with Gasteiger partial charge in [0.1, 0.15) is 0 Å². The Hall–Kier alpha value is -1.14. The first-order valence-electron chi connectivity index (χ1n) is 6.49. The summed E-state index contributed by atoms with van der Waals surface area (Å²) in [6.45, 7) is 4.11. The molecule has 3 N–H and O–H groups in total. The minimum atomic E-state index is -0.262. The summed E-state index contributed by atoms with van der Waals surface area (Å²) in [7, 11) is 0. The van der Waals surface area contributed by atoms with E-state index in [1.807, 2.05) is 6.92 Å². The van der Waals surface area contributed by atoms with Crippen LogP contribution < -0.4 is 11.1 Å². The van der Waals surface area contributed by atoms with Gasteiger partial charge in [-0.25, -0.2) is 0 Å². The van der Waals surface area contributed by atoms with E-state index >= 15 is 0 Å². The highest BCUT2D eigenvalue weighted by molar-refractivity contribution is 5.80. The molecule has 2 aliphatic heterocycles. The monoisotopic (exact) mass is 255 g/mol. The van der Waals surface area contributed by atoms with Gasteiger partial charge >= 0.3 is 0 Å². The fraction of sp³-hybridized carbons (Fsp3) is 0.833. The summed E-state index contributed by atoms with van der Waals surface area (Å²) in [6, 6.07) is -0.266. The lowest BCUT2D eigenvalue weighted by Gasteiger charge is -2.23.